The largest absolute Gasteiger partial charge is 0.478 e. The van der Waals surface area contributed by atoms with Crippen LogP contribution in [0.25, 0.3) is 11.1 Å². The number of benzene rings is 6. The molecule has 1 aliphatic rings. The third kappa shape index (κ3) is 7.24. The number of ether oxygens (including phenoxy) is 1. The molecule has 0 bridgehead atoms. The van der Waals surface area contributed by atoms with Crippen LogP contribution in [0.5, 0.6) is 0 Å². The Labute approximate surface area is 295 Å². The molecule has 0 fully saturated rings. The Hall–Kier alpha value is -5.36. The van der Waals surface area contributed by atoms with Gasteiger partial charge in [-0.05, 0) is 64.6 Å². The average Bonchev–Trinajstić information content (AvgIpc) is 3.45. The van der Waals surface area contributed by atoms with E-state index in [0.29, 0.717) is 10.7 Å². The van der Waals surface area contributed by atoms with E-state index in [4.69, 9.17) is 33.0 Å². The van der Waals surface area contributed by atoms with E-state index in [2.05, 4.69) is 60.8 Å². The number of carbonyl (C=O) groups is 2. The maximum absolute atomic E-state index is 12.2. The second-order valence-electron chi connectivity index (χ2n) is 11.7. The minimum atomic E-state index is -1.05. The van der Waals surface area contributed by atoms with Crippen molar-refractivity contribution in [2.45, 2.75) is 17.7 Å². The molecule has 0 spiro atoms. The van der Waals surface area contributed by atoms with Crippen LogP contribution in [0, 0.1) is 6.92 Å². The van der Waals surface area contributed by atoms with Gasteiger partial charge in [-0.3, -0.25) is 5.32 Å². The highest BCUT2D eigenvalue weighted by molar-refractivity contribution is 6.34. The van der Waals surface area contributed by atoms with Crippen molar-refractivity contribution < 1.29 is 19.4 Å². The molecule has 5 nitrogen and oxygen atoms in total. The highest BCUT2D eigenvalue weighted by Crippen LogP contribution is 2.46. The summed E-state index contributed by atoms with van der Waals surface area (Å²) in [6.45, 7) is 2.27. The van der Waals surface area contributed by atoms with E-state index in [0.717, 1.165) is 38.9 Å². The zero-order chi connectivity index (χ0) is 34.4. The standard InChI is InChI=1S/C22H17NO4.C20H16Cl2/c24-21(25)14-6-5-7-15(12-14)23-22(26)27-13-20-18-10-3-1-8-16(18)17-9-2-4-11-19(17)20;1-15-11-13-17(14-12-15)20(22,16-7-3-2-4-8-16)18-9-5-6-10-19(18)21/h1-12,20H,13H2,(H,23,26)(H,24,25);2-14H,1H3. The predicted molar refractivity (Wildman–Crippen MR) is 197 cm³/mol. The summed E-state index contributed by atoms with van der Waals surface area (Å²) >= 11 is 13.6. The van der Waals surface area contributed by atoms with E-state index >= 15 is 0 Å². The molecule has 0 aliphatic heterocycles. The third-order valence-electron chi connectivity index (χ3n) is 8.57. The predicted octanol–water partition coefficient (Wildman–Crippen LogP) is 10.9. The van der Waals surface area contributed by atoms with Gasteiger partial charge < -0.3 is 9.84 Å². The Morgan fingerprint density at radius 3 is 1.92 bits per heavy atom. The zero-order valence-electron chi connectivity index (χ0n) is 26.6. The smallest absolute Gasteiger partial charge is 0.411 e. The molecule has 0 heterocycles. The quantitative estimate of drug-likeness (QED) is 0.129. The first kappa shape index (κ1) is 33.5. The van der Waals surface area contributed by atoms with E-state index in [1.807, 2.05) is 78.9 Å². The molecule has 1 unspecified atom stereocenters. The molecule has 1 amide bonds. The van der Waals surface area contributed by atoms with E-state index in [1.165, 1.54) is 17.7 Å². The molecular weight excluding hydrogens is 653 g/mol. The summed E-state index contributed by atoms with van der Waals surface area (Å²) in [6.07, 6.45) is -0.612. The Morgan fingerprint density at radius 1 is 0.714 bits per heavy atom. The number of alkyl halides is 1. The lowest BCUT2D eigenvalue weighted by Crippen LogP contribution is -2.22. The second-order valence-corrected chi connectivity index (χ2v) is 12.7. The van der Waals surface area contributed by atoms with E-state index in [-0.39, 0.29) is 18.1 Å². The van der Waals surface area contributed by atoms with Gasteiger partial charge in [-0.25, -0.2) is 9.59 Å². The SMILES string of the molecule is Cc1ccc(C(Cl)(c2ccccc2)c2ccccc2Cl)cc1.O=C(Nc1cccc(C(=O)O)c1)OCC1c2ccccc2-c2ccccc21. The van der Waals surface area contributed by atoms with Crippen LogP contribution in [0.1, 0.15) is 49.7 Å². The van der Waals surface area contributed by atoms with E-state index in [9.17, 15) is 9.59 Å². The van der Waals surface area contributed by atoms with Gasteiger partial charge in [0.2, 0.25) is 0 Å². The number of nitrogens with one attached hydrogen (secondary N) is 1. The normalized spacial score (nSPS) is 12.8. The van der Waals surface area contributed by atoms with Crippen LogP contribution >= 0.6 is 23.2 Å². The molecule has 0 aromatic heterocycles. The van der Waals surface area contributed by atoms with Crippen LogP contribution in [0.15, 0.2) is 152 Å². The van der Waals surface area contributed by atoms with Gasteiger partial charge in [0.25, 0.3) is 0 Å². The second kappa shape index (κ2) is 14.8. The molecule has 1 aliphatic carbocycles. The molecule has 6 aromatic carbocycles. The molecule has 7 heteroatoms. The van der Waals surface area contributed by atoms with Crippen molar-refractivity contribution in [2.24, 2.45) is 0 Å². The molecule has 0 radical (unpaired) electrons. The van der Waals surface area contributed by atoms with Gasteiger partial charge in [0, 0.05) is 22.2 Å². The Bertz CT molecular complexity index is 2050. The van der Waals surface area contributed by atoms with Crippen molar-refractivity contribution in [3.8, 4) is 11.1 Å². The summed E-state index contributed by atoms with van der Waals surface area (Å²) < 4.78 is 5.45. The van der Waals surface area contributed by atoms with E-state index < -0.39 is 16.9 Å². The number of aromatic carboxylic acids is 1. The lowest BCUT2D eigenvalue weighted by atomic mass is 9.84. The first-order valence-electron chi connectivity index (χ1n) is 15.8. The zero-order valence-corrected chi connectivity index (χ0v) is 28.2. The van der Waals surface area contributed by atoms with Gasteiger partial charge in [0.15, 0.2) is 0 Å². The van der Waals surface area contributed by atoms with Crippen molar-refractivity contribution >= 4 is 41.0 Å². The van der Waals surface area contributed by atoms with Crippen LogP contribution in [-0.2, 0) is 9.61 Å². The van der Waals surface area contributed by atoms with Gasteiger partial charge in [-0.1, -0.05) is 145 Å². The van der Waals surface area contributed by atoms with Crippen molar-refractivity contribution in [2.75, 3.05) is 11.9 Å². The molecule has 49 heavy (non-hydrogen) atoms. The molecule has 1 atom stereocenters. The fourth-order valence-corrected chi connectivity index (χ4v) is 6.89. The Balaban J connectivity index is 0.000000174. The maximum Gasteiger partial charge on any atom is 0.411 e. The summed E-state index contributed by atoms with van der Waals surface area (Å²) in [5.41, 5.74) is 9.21. The van der Waals surface area contributed by atoms with Crippen LogP contribution in [-0.4, -0.2) is 23.8 Å². The number of carbonyl (C=O) groups excluding carboxylic acids is 1. The average molecular weight is 687 g/mol. The van der Waals surface area contributed by atoms with Gasteiger partial charge in [0.1, 0.15) is 11.5 Å². The minimum absolute atomic E-state index is 0.0199. The number of amides is 1. The number of hydrogen-bond donors (Lipinski definition) is 2. The molecule has 0 saturated carbocycles. The fraction of sp³-hybridized carbons (Fsp3) is 0.0952. The number of hydrogen-bond acceptors (Lipinski definition) is 3. The van der Waals surface area contributed by atoms with Crippen molar-refractivity contribution in [1.82, 2.24) is 0 Å². The number of fused-ring (bicyclic) bond motifs is 3. The summed E-state index contributed by atoms with van der Waals surface area (Å²) in [6, 6.07) is 48.4. The monoisotopic (exact) mass is 685 g/mol. The van der Waals surface area contributed by atoms with Crippen molar-refractivity contribution in [3.63, 3.8) is 0 Å². The van der Waals surface area contributed by atoms with Gasteiger partial charge in [-0.2, -0.15) is 0 Å². The van der Waals surface area contributed by atoms with Gasteiger partial charge in [-0.15, -0.1) is 11.6 Å². The first-order valence-corrected chi connectivity index (χ1v) is 16.5. The van der Waals surface area contributed by atoms with Crippen LogP contribution in [0.4, 0.5) is 10.5 Å². The topological polar surface area (TPSA) is 75.6 Å². The lowest BCUT2D eigenvalue weighted by molar-refractivity contribution is 0.0696. The summed E-state index contributed by atoms with van der Waals surface area (Å²) in [4.78, 5) is 22.4. The van der Waals surface area contributed by atoms with Gasteiger partial charge in [0.05, 0.1) is 5.56 Å². The number of aryl methyl sites for hydroxylation is 1. The van der Waals surface area contributed by atoms with E-state index in [1.54, 1.807) is 12.1 Å². The Kier molecular flexibility index (Phi) is 10.1. The third-order valence-corrected chi connectivity index (χ3v) is 9.54. The van der Waals surface area contributed by atoms with Crippen molar-refractivity contribution in [3.05, 3.63) is 196 Å². The van der Waals surface area contributed by atoms with Gasteiger partial charge >= 0.3 is 12.1 Å². The maximum atomic E-state index is 12.2. The fourth-order valence-electron chi connectivity index (χ4n) is 6.15. The summed E-state index contributed by atoms with van der Waals surface area (Å²) in [7, 11) is 0. The first-order chi connectivity index (χ1) is 23.8. The summed E-state index contributed by atoms with van der Waals surface area (Å²) in [5, 5.41) is 12.3. The van der Waals surface area contributed by atoms with Crippen LogP contribution in [0.3, 0.4) is 0 Å². The molecule has 2 N–H and O–H groups in total. The lowest BCUT2D eigenvalue weighted by Gasteiger charge is -2.30. The van der Waals surface area contributed by atoms with Crippen molar-refractivity contribution in [1.29, 1.82) is 0 Å². The highest BCUT2D eigenvalue weighted by Gasteiger charge is 2.35. The van der Waals surface area contributed by atoms with Crippen LogP contribution in [0.2, 0.25) is 5.02 Å². The number of carboxylic acid groups (broad SMARTS) is 1. The molecule has 7 rings (SSSR count). The summed E-state index contributed by atoms with van der Waals surface area (Å²) in [5.74, 6) is -1.07. The molecule has 0 saturated heterocycles. The molecule has 6 aromatic rings. The van der Waals surface area contributed by atoms with Crippen LogP contribution < -0.4 is 5.32 Å². The highest BCUT2D eigenvalue weighted by atomic mass is 35.5. The number of halogens is 2. The number of rotatable bonds is 7. The molecular formula is C42H33Cl2NO4. The molecule has 244 valence electrons. The number of anilines is 1. The number of carboxylic acids is 1. The minimum Gasteiger partial charge on any atom is -0.478 e. The Morgan fingerprint density at radius 2 is 1.29 bits per heavy atom.